The molecule has 0 saturated carbocycles. The Kier molecular flexibility index (Phi) is 24.1. The summed E-state index contributed by atoms with van der Waals surface area (Å²) < 4.78 is 0. The zero-order chi connectivity index (χ0) is 12.0. The molecule has 0 amide bonds. The Bertz CT molecular complexity index is 110. The minimum atomic E-state index is 1.50. The number of hydrogen-bond donors (Lipinski definition) is 1. The van der Waals surface area contributed by atoms with E-state index in [2.05, 4.69) is 5.73 Å². The standard InChI is InChI=1S/2C5H11N.CH5N/c2*1-4-5-6(2)3;1-2/h2*4-5H,1-3H3;2H2,1H3. The summed E-state index contributed by atoms with van der Waals surface area (Å²) in [6.45, 7) is 4.00. The summed E-state index contributed by atoms with van der Waals surface area (Å²) in [7, 11) is 9.50. The lowest BCUT2D eigenvalue weighted by Crippen LogP contribution is -1.98. The lowest BCUT2D eigenvalue weighted by Gasteiger charge is -1.99. The average Bonchev–Trinajstić information content (AvgIpc) is 2.08. The summed E-state index contributed by atoms with van der Waals surface area (Å²) in [5, 5.41) is 0. The van der Waals surface area contributed by atoms with Crippen LogP contribution in [0.2, 0.25) is 0 Å². The monoisotopic (exact) mass is 201 g/mol. The second-order valence-corrected chi connectivity index (χ2v) is 2.89. The third kappa shape index (κ3) is 43.8. The third-order valence-electron chi connectivity index (χ3n) is 0.894. The molecule has 0 aromatic heterocycles. The van der Waals surface area contributed by atoms with Crippen molar-refractivity contribution in [3.8, 4) is 0 Å². The van der Waals surface area contributed by atoms with Gasteiger partial charge in [-0.2, -0.15) is 0 Å². The molecule has 0 aliphatic rings. The van der Waals surface area contributed by atoms with Crippen molar-refractivity contribution in [2.24, 2.45) is 5.73 Å². The normalized spacial score (nSPS) is 8.86. The first-order chi connectivity index (χ1) is 6.54. The van der Waals surface area contributed by atoms with E-state index in [9.17, 15) is 0 Å². The first kappa shape index (κ1) is 18.8. The van der Waals surface area contributed by atoms with E-state index in [0.29, 0.717) is 0 Å². The van der Waals surface area contributed by atoms with Crippen molar-refractivity contribution in [1.29, 1.82) is 0 Å². The van der Waals surface area contributed by atoms with Gasteiger partial charge in [0.1, 0.15) is 0 Å². The maximum Gasteiger partial charge on any atom is 0.00555 e. The van der Waals surface area contributed by atoms with Crippen LogP contribution in [0.3, 0.4) is 0 Å². The topological polar surface area (TPSA) is 32.5 Å². The van der Waals surface area contributed by atoms with E-state index < -0.39 is 0 Å². The Labute approximate surface area is 89.9 Å². The van der Waals surface area contributed by atoms with Crippen molar-refractivity contribution < 1.29 is 0 Å². The van der Waals surface area contributed by atoms with E-state index in [0.717, 1.165) is 0 Å². The van der Waals surface area contributed by atoms with Crippen LogP contribution >= 0.6 is 0 Å². The molecule has 2 N–H and O–H groups in total. The molecule has 0 saturated heterocycles. The van der Waals surface area contributed by atoms with E-state index in [4.69, 9.17) is 0 Å². The van der Waals surface area contributed by atoms with E-state index in [-0.39, 0.29) is 0 Å². The minimum absolute atomic E-state index is 1.50. The molecule has 0 aromatic rings. The van der Waals surface area contributed by atoms with Crippen LogP contribution in [-0.4, -0.2) is 45.0 Å². The average molecular weight is 201 g/mol. The molecule has 0 atom stereocenters. The zero-order valence-electron chi connectivity index (χ0n) is 10.8. The SMILES string of the molecule is CC=CN(C)C.CC=CN(C)C.CN. The highest BCUT2D eigenvalue weighted by Gasteiger charge is 1.66. The van der Waals surface area contributed by atoms with Crippen LogP contribution in [0, 0.1) is 0 Å². The van der Waals surface area contributed by atoms with Gasteiger partial charge in [0.25, 0.3) is 0 Å². The molecule has 0 aliphatic carbocycles. The molecule has 0 heterocycles. The van der Waals surface area contributed by atoms with Gasteiger partial charge in [0.05, 0.1) is 0 Å². The first-order valence-corrected chi connectivity index (χ1v) is 4.70. The van der Waals surface area contributed by atoms with Crippen molar-refractivity contribution in [3.63, 3.8) is 0 Å². The molecule has 0 fully saturated rings. The Hall–Kier alpha value is -0.960. The van der Waals surface area contributed by atoms with Gasteiger partial charge in [-0.3, -0.25) is 0 Å². The maximum absolute atomic E-state index is 4.50. The maximum atomic E-state index is 4.50. The van der Waals surface area contributed by atoms with E-state index in [1.807, 2.05) is 76.4 Å². The molecule has 3 nitrogen and oxygen atoms in total. The van der Waals surface area contributed by atoms with Gasteiger partial charge in [-0.05, 0) is 33.3 Å². The van der Waals surface area contributed by atoms with Crippen molar-refractivity contribution in [3.05, 3.63) is 24.6 Å². The second-order valence-electron chi connectivity index (χ2n) is 2.89. The molecule has 3 heteroatoms. The zero-order valence-corrected chi connectivity index (χ0v) is 10.8. The van der Waals surface area contributed by atoms with Crippen molar-refractivity contribution in [1.82, 2.24) is 9.80 Å². The van der Waals surface area contributed by atoms with E-state index >= 15 is 0 Å². The van der Waals surface area contributed by atoms with E-state index in [1.165, 1.54) is 7.05 Å². The van der Waals surface area contributed by atoms with E-state index in [1.54, 1.807) is 0 Å². The smallest absolute Gasteiger partial charge is 0.00555 e. The van der Waals surface area contributed by atoms with Crippen molar-refractivity contribution in [2.75, 3.05) is 35.2 Å². The molecule has 0 aromatic carbocycles. The van der Waals surface area contributed by atoms with Gasteiger partial charge < -0.3 is 15.5 Å². The molecule has 0 unspecified atom stereocenters. The number of rotatable bonds is 2. The largest absolute Gasteiger partial charge is 0.384 e. The molecule has 0 aliphatic heterocycles. The molecular formula is C11H27N3. The predicted molar refractivity (Wildman–Crippen MR) is 67.1 cm³/mol. The third-order valence-corrected chi connectivity index (χ3v) is 0.894. The summed E-state index contributed by atoms with van der Waals surface area (Å²) >= 11 is 0. The molecule has 14 heavy (non-hydrogen) atoms. The quantitative estimate of drug-likeness (QED) is 0.738. The highest BCUT2D eigenvalue weighted by molar-refractivity contribution is 4.72. The second kappa shape index (κ2) is 18.0. The lowest BCUT2D eigenvalue weighted by molar-refractivity contribution is 0.563. The lowest BCUT2D eigenvalue weighted by atomic mass is 10.7. The molecule has 0 radical (unpaired) electrons. The Morgan fingerprint density at radius 2 is 0.929 bits per heavy atom. The Balaban J connectivity index is -0.000000147. The first-order valence-electron chi connectivity index (χ1n) is 4.70. The summed E-state index contributed by atoms with van der Waals surface area (Å²) in [6.07, 6.45) is 8.00. The van der Waals surface area contributed by atoms with Crippen LogP contribution < -0.4 is 5.73 Å². The minimum Gasteiger partial charge on any atom is -0.384 e. The van der Waals surface area contributed by atoms with Gasteiger partial charge >= 0.3 is 0 Å². The van der Waals surface area contributed by atoms with Crippen LogP contribution in [-0.2, 0) is 0 Å². The number of nitrogens with zero attached hydrogens (tertiary/aromatic N) is 2. The van der Waals surface area contributed by atoms with Gasteiger partial charge in [0, 0.05) is 28.2 Å². The number of hydrogen-bond acceptors (Lipinski definition) is 3. The van der Waals surface area contributed by atoms with Gasteiger partial charge in [-0.25, -0.2) is 0 Å². The van der Waals surface area contributed by atoms with Crippen molar-refractivity contribution in [2.45, 2.75) is 13.8 Å². The molecular weight excluding hydrogens is 174 g/mol. The predicted octanol–water partition coefficient (Wildman–Crippen LogP) is 1.74. The molecule has 0 bridgehead atoms. The fourth-order valence-electron chi connectivity index (χ4n) is 0.596. The summed E-state index contributed by atoms with van der Waals surface area (Å²) in [6, 6.07) is 0. The van der Waals surface area contributed by atoms with Crippen LogP contribution in [0.5, 0.6) is 0 Å². The molecule has 0 spiro atoms. The highest BCUT2D eigenvalue weighted by Crippen LogP contribution is 1.72. The van der Waals surface area contributed by atoms with Gasteiger partial charge in [0.2, 0.25) is 0 Å². The Morgan fingerprint density at radius 3 is 0.929 bits per heavy atom. The summed E-state index contributed by atoms with van der Waals surface area (Å²) in [4.78, 5) is 4.00. The highest BCUT2D eigenvalue weighted by atomic mass is 15.0. The van der Waals surface area contributed by atoms with Crippen LogP contribution in [0.1, 0.15) is 13.8 Å². The van der Waals surface area contributed by atoms with Crippen LogP contribution in [0.25, 0.3) is 0 Å². The van der Waals surface area contributed by atoms with Crippen LogP contribution in [0.15, 0.2) is 24.6 Å². The molecule has 86 valence electrons. The van der Waals surface area contributed by atoms with Gasteiger partial charge in [-0.1, -0.05) is 12.2 Å². The molecule has 0 rings (SSSR count). The summed E-state index contributed by atoms with van der Waals surface area (Å²) in [5.41, 5.74) is 4.50. The number of nitrogens with two attached hydrogens (primary N) is 1. The number of allylic oxidation sites excluding steroid dienone is 2. The van der Waals surface area contributed by atoms with Crippen molar-refractivity contribution >= 4 is 0 Å². The van der Waals surface area contributed by atoms with Crippen LogP contribution in [0.4, 0.5) is 0 Å². The summed E-state index contributed by atoms with van der Waals surface area (Å²) in [5.74, 6) is 0. The van der Waals surface area contributed by atoms with Gasteiger partial charge in [-0.15, -0.1) is 0 Å². The Morgan fingerprint density at radius 1 is 0.714 bits per heavy atom. The fraction of sp³-hybridized carbons (Fsp3) is 0.636. The fourth-order valence-corrected chi connectivity index (χ4v) is 0.596. The van der Waals surface area contributed by atoms with Gasteiger partial charge in [0.15, 0.2) is 0 Å².